The van der Waals surface area contributed by atoms with Gasteiger partial charge in [-0.3, -0.25) is 9.78 Å². The summed E-state index contributed by atoms with van der Waals surface area (Å²) in [5, 5.41) is 3.87. The predicted molar refractivity (Wildman–Crippen MR) is 78.3 cm³/mol. The molecule has 1 aromatic carbocycles. The first-order valence-corrected chi connectivity index (χ1v) is 6.48. The number of pyridine rings is 1. The molecule has 0 atom stereocenters. The molecule has 0 bridgehead atoms. The lowest BCUT2D eigenvalue weighted by molar-refractivity contribution is 0.0952. The van der Waals surface area contributed by atoms with Crippen LogP contribution >= 0.6 is 0 Å². The number of aromatic nitrogens is 2. The van der Waals surface area contributed by atoms with E-state index in [4.69, 9.17) is 0 Å². The van der Waals surface area contributed by atoms with Gasteiger partial charge in [0.05, 0.1) is 12.2 Å². The Morgan fingerprint density at radius 2 is 2.10 bits per heavy atom. The van der Waals surface area contributed by atoms with Crippen molar-refractivity contribution in [2.24, 2.45) is 7.05 Å². The van der Waals surface area contributed by atoms with Crippen LogP contribution in [0.15, 0.2) is 54.9 Å². The van der Waals surface area contributed by atoms with Crippen molar-refractivity contribution in [3.05, 3.63) is 66.1 Å². The lowest BCUT2D eigenvalue weighted by Crippen LogP contribution is -2.23. The number of aryl methyl sites for hydroxylation is 1. The highest BCUT2D eigenvalue weighted by Gasteiger charge is 2.11. The van der Waals surface area contributed by atoms with Gasteiger partial charge in [-0.25, -0.2) is 0 Å². The number of carbonyl (C=O) groups excluding carboxylic acids is 1. The summed E-state index contributed by atoms with van der Waals surface area (Å²) in [5.41, 5.74) is 2.59. The molecule has 1 N–H and O–H groups in total. The minimum absolute atomic E-state index is 0.0764. The lowest BCUT2D eigenvalue weighted by Gasteiger charge is -2.06. The largest absolute Gasteiger partial charge is 0.351 e. The Bertz CT molecular complexity index is 747. The zero-order valence-corrected chi connectivity index (χ0v) is 11.2. The van der Waals surface area contributed by atoms with E-state index in [9.17, 15) is 4.79 Å². The van der Waals surface area contributed by atoms with Crippen molar-refractivity contribution in [3.8, 4) is 0 Å². The molecule has 3 aromatic rings. The molecule has 4 heteroatoms. The molecular formula is C16H15N3O. The molecule has 0 spiro atoms. The number of amides is 1. The van der Waals surface area contributed by atoms with Crippen molar-refractivity contribution in [2.45, 2.75) is 6.54 Å². The summed E-state index contributed by atoms with van der Waals surface area (Å²) in [5.74, 6) is -0.0764. The summed E-state index contributed by atoms with van der Waals surface area (Å²) in [6.07, 6.45) is 3.68. The highest BCUT2D eigenvalue weighted by Crippen LogP contribution is 2.19. The third-order valence-electron chi connectivity index (χ3n) is 3.33. The Kier molecular flexibility index (Phi) is 3.21. The first-order chi connectivity index (χ1) is 9.75. The van der Waals surface area contributed by atoms with Crippen LogP contribution in [0.4, 0.5) is 0 Å². The van der Waals surface area contributed by atoms with Crippen LogP contribution in [0, 0.1) is 0 Å². The fourth-order valence-corrected chi connectivity index (χ4v) is 2.27. The standard InChI is InChI=1S/C16H15N3O/c1-19-10-8-13-14(6-4-7-15(13)19)16(20)18-11-12-5-2-3-9-17-12/h2-10H,11H2,1H3,(H,18,20). The van der Waals surface area contributed by atoms with E-state index in [1.807, 2.05) is 60.3 Å². The van der Waals surface area contributed by atoms with Gasteiger partial charge in [-0.15, -0.1) is 0 Å². The van der Waals surface area contributed by atoms with E-state index in [2.05, 4.69) is 10.3 Å². The molecule has 20 heavy (non-hydrogen) atoms. The highest BCUT2D eigenvalue weighted by atomic mass is 16.1. The van der Waals surface area contributed by atoms with Gasteiger partial charge in [0.1, 0.15) is 0 Å². The fourth-order valence-electron chi connectivity index (χ4n) is 2.27. The maximum atomic E-state index is 12.3. The van der Waals surface area contributed by atoms with Crippen LogP contribution in [0.3, 0.4) is 0 Å². The molecule has 2 aromatic heterocycles. The molecule has 4 nitrogen and oxygen atoms in total. The van der Waals surface area contributed by atoms with Gasteiger partial charge in [-0.05, 0) is 30.3 Å². The average molecular weight is 265 g/mol. The minimum Gasteiger partial charge on any atom is -0.351 e. The van der Waals surface area contributed by atoms with Gasteiger partial charge in [0, 0.05) is 35.9 Å². The Labute approximate surface area is 117 Å². The van der Waals surface area contributed by atoms with E-state index in [1.54, 1.807) is 6.20 Å². The molecule has 3 rings (SSSR count). The molecule has 2 heterocycles. The number of hydrogen-bond acceptors (Lipinski definition) is 2. The zero-order chi connectivity index (χ0) is 13.9. The molecule has 0 radical (unpaired) electrons. The molecule has 0 aliphatic carbocycles. The fraction of sp³-hybridized carbons (Fsp3) is 0.125. The number of fused-ring (bicyclic) bond motifs is 1. The number of hydrogen-bond donors (Lipinski definition) is 1. The molecule has 0 unspecified atom stereocenters. The van der Waals surface area contributed by atoms with Gasteiger partial charge in [0.25, 0.3) is 5.91 Å². The van der Waals surface area contributed by atoms with Crippen molar-refractivity contribution >= 4 is 16.8 Å². The first kappa shape index (κ1) is 12.4. The molecule has 0 aliphatic rings. The average Bonchev–Trinajstić information content (AvgIpc) is 2.87. The van der Waals surface area contributed by atoms with Crippen molar-refractivity contribution in [3.63, 3.8) is 0 Å². The van der Waals surface area contributed by atoms with Gasteiger partial charge < -0.3 is 9.88 Å². The van der Waals surface area contributed by atoms with Crippen molar-refractivity contribution in [1.29, 1.82) is 0 Å². The molecule has 1 amide bonds. The van der Waals surface area contributed by atoms with Gasteiger partial charge >= 0.3 is 0 Å². The number of benzene rings is 1. The topological polar surface area (TPSA) is 46.9 Å². The summed E-state index contributed by atoms with van der Waals surface area (Å²) < 4.78 is 2.00. The maximum Gasteiger partial charge on any atom is 0.252 e. The Balaban J connectivity index is 1.82. The monoisotopic (exact) mass is 265 g/mol. The second kappa shape index (κ2) is 5.17. The van der Waals surface area contributed by atoms with Crippen LogP contribution in [0.5, 0.6) is 0 Å². The zero-order valence-electron chi connectivity index (χ0n) is 11.2. The number of rotatable bonds is 3. The number of nitrogens with one attached hydrogen (secondary N) is 1. The second-order valence-electron chi connectivity index (χ2n) is 4.67. The highest BCUT2D eigenvalue weighted by molar-refractivity contribution is 6.06. The van der Waals surface area contributed by atoms with Crippen molar-refractivity contribution < 1.29 is 4.79 Å². The summed E-state index contributed by atoms with van der Waals surface area (Å²) in [6.45, 7) is 0.433. The van der Waals surface area contributed by atoms with Crippen LogP contribution in [0.2, 0.25) is 0 Å². The molecule has 100 valence electrons. The van der Waals surface area contributed by atoms with Gasteiger partial charge in [-0.2, -0.15) is 0 Å². The van der Waals surface area contributed by atoms with Crippen LogP contribution < -0.4 is 5.32 Å². The molecule has 0 saturated carbocycles. The normalized spacial score (nSPS) is 10.7. The Morgan fingerprint density at radius 3 is 2.90 bits per heavy atom. The van der Waals surface area contributed by atoms with Crippen LogP contribution in [-0.2, 0) is 13.6 Å². The quantitative estimate of drug-likeness (QED) is 0.791. The summed E-state index contributed by atoms with van der Waals surface area (Å²) >= 11 is 0. The van der Waals surface area contributed by atoms with E-state index < -0.39 is 0 Å². The first-order valence-electron chi connectivity index (χ1n) is 6.48. The predicted octanol–water partition coefficient (Wildman–Crippen LogP) is 2.50. The maximum absolute atomic E-state index is 12.3. The van der Waals surface area contributed by atoms with Gasteiger partial charge in [-0.1, -0.05) is 12.1 Å². The van der Waals surface area contributed by atoms with Crippen LogP contribution in [-0.4, -0.2) is 15.5 Å². The summed E-state index contributed by atoms with van der Waals surface area (Å²) in [4.78, 5) is 16.5. The van der Waals surface area contributed by atoms with Crippen LogP contribution in [0.1, 0.15) is 16.1 Å². The van der Waals surface area contributed by atoms with Gasteiger partial charge in [0.15, 0.2) is 0 Å². The SMILES string of the molecule is Cn1ccc2c(C(=O)NCc3ccccn3)cccc21. The Morgan fingerprint density at radius 1 is 1.20 bits per heavy atom. The molecule has 0 fully saturated rings. The summed E-state index contributed by atoms with van der Waals surface area (Å²) in [6, 6.07) is 13.4. The van der Waals surface area contributed by atoms with E-state index in [-0.39, 0.29) is 5.91 Å². The number of carbonyl (C=O) groups is 1. The van der Waals surface area contributed by atoms with E-state index in [1.165, 1.54) is 0 Å². The second-order valence-corrected chi connectivity index (χ2v) is 4.67. The molecule has 0 saturated heterocycles. The summed E-state index contributed by atoms with van der Waals surface area (Å²) in [7, 11) is 1.97. The van der Waals surface area contributed by atoms with E-state index in [0.717, 1.165) is 16.6 Å². The van der Waals surface area contributed by atoms with E-state index >= 15 is 0 Å². The van der Waals surface area contributed by atoms with Crippen molar-refractivity contribution in [2.75, 3.05) is 0 Å². The lowest BCUT2D eigenvalue weighted by atomic mass is 10.1. The van der Waals surface area contributed by atoms with Gasteiger partial charge in [0.2, 0.25) is 0 Å². The number of nitrogens with zero attached hydrogens (tertiary/aromatic N) is 2. The Hall–Kier alpha value is -2.62. The third-order valence-corrected chi connectivity index (χ3v) is 3.33. The smallest absolute Gasteiger partial charge is 0.252 e. The van der Waals surface area contributed by atoms with Crippen LogP contribution in [0.25, 0.3) is 10.9 Å². The molecular weight excluding hydrogens is 250 g/mol. The third kappa shape index (κ3) is 2.28. The minimum atomic E-state index is -0.0764. The molecule has 0 aliphatic heterocycles. The van der Waals surface area contributed by atoms with Crippen molar-refractivity contribution in [1.82, 2.24) is 14.9 Å². The van der Waals surface area contributed by atoms with E-state index in [0.29, 0.717) is 12.1 Å².